The van der Waals surface area contributed by atoms with Crippen molar-refractivity contribution in [3.63, 3.8) is 0 Å². The molecule has 1 unspecified atom stereocenters. The van der Waals surface area contributed by atoms with E-state index in [1.54, 1.807) is 0 Å². The van der Waals surface area contributed by atoms with Crippen LogP contribution in [0.5, 0.6) is 0 Å². The summed E-state index contributed by atoms with van der Waals surface area (Å²) >= 11 is 3.37. The Morgan fingerprint density at radius 1 is 1.25 bits per heavy atom. The standard InChI is InChI=1S/C13H17BrFN/c1-16-8-6-11(7-9-16)13(15)10-2-4-12(14)5-3-10/h2-5,11,13H,6-9H2,1H3. The molecule has 88 valence electrons. The van der Waals surface area contributed by atoms with Crippen molar-refractivity contribution < 1.29 is 4.39 Å². The monoisotopic (exact) mass is 285 g/mol. The molecule has 1 aliphatic rings. The van der Waals surface area contributed by atoms with Crippen LogP contribution >= 0.6 is 15.9 Å². The van der Waals surface area contributed by atoms with Crippen LogP contribution in [0, 0.1) is 5.92 Å². The average Bonchev–Trinajstić information content (AvgIpc) is 2.30. The lowest BCUT2D eigenvalue weighted by Crippen LogP contribution is -2.31. The zero-order valence-electron chi connectivity index (χ0n) is 9.50. The molecule has 0 radical (unpaired) electrons. The normalized spacial score (nSPS) is 20.9. The first kappa shape index (κ1) is 12.1. The molecule has 1 aliphatic heterocycles. The van der Waals surface area contributed by atoms with Gasteiger partial charge in [-0.2, -0.15) is 0 Å². The van der Waals surface area contributed by atoms with Gasteiger partial charge in [-0.25, -0.2) is 4.39 Å². The molecule has 1 atom stereocenters. The summed E-state index contributed by atoms with van der Waals surface area (Å²) in [4.78, 5) is 2.27. The molecule has 0 N–H and O–H groups in total. The van der Waals surface area contributed by atoms with E-state index in [0.717, 1.165) is 36.0 Å². The van der Waals surface area contributed by atoms with Crippen LogP contribution in [0.15, 0.2) is 28.7 Å². The fourth-order valence-corrected chi connectivity index (χ4v) is 2.50. The fourth-order valence-electron chi connectivity index (χ4n) is 2.24. The first-order valence-electron chi connectivity index (χ1n) is 5.75. The van der Waals surface area contributed by atoms with Gasteiger partial charge in [-0.3, -0.25) is 0 Å². The van der Waals surface area contributed by atoms with Crippen LogP contribution in [0.1, 0.15) is 24.6 Å². The van der Waals surface area contributed by atoms with E-state index >= 15 is 0 Å². The molecular formula is C13H17BrFN. The molecule has 1 aromatic carbocycles. The van der Waals surface area contributed by atoms with E-state index in [1.807, 2.05) is 24.3 Å². The number of benzene rings is 1. The van der Waals surface area contributed by atoms with Crippen molar-refractivity contribution in [3.8, 4) is 0 Å². The Labute approximate surface area is 105 Å². The summed E-state index contributed by atoms with van der Waals surface area (Å²) in [5, 5.41) is 0. The average molecular weight is 286 g/mol. The Hall–Kier alpha value is -0.410. The summed E-state index contributed by atoms with van der Waals surface area (Å²) in [6, 6.07) is 7.59. The molecule has 1 aromatic rings. The highest BCUT2D eigenvalue weighted by molar-refractivity contribution is 9.10. The van der Waals surface area contributed by atoms with Crippen LogP contribution in [0.2, 0.25) is 0 Å². The van der Waals surface area contributed by atoms with Crippen molar-refractivity contribution in [2.45, 2.75) is 19.0 Å². The maximum Gasteiger partial charge on any atom is 0.128 e. The zero-order valence-corrected chi connectivity index (χ0v) is 11.1. The fraction of sp³-hybridized carbons (Fsp3) is 0.538. The molecule has 1 saturated heterocycles. The van der Waals surface area contributed by atoms with E-state index in [-0.39, 0.29) is 5.92 Å². The number of likely N-dealkylation sites (tertiary alicyclic amines) is 1. The van der Waals surface area contributed by atoms with Gasteiger partial charge in [0.05, 0.1) is 0 Å². The number of hydrogen-bond donors (Lipinski definition) is 0. The van der Waals surface area contributed by atoms with E-state index in [1.165, 1.54) is 0 Å². The lowest BCUT2D eigenvalue weighted by Gasteiger charge is -2.31. The Bertz CT molecular complexity index is 330. The molecule has 0 bridgehead atoms. The Balaban J connectivity index is 2.01. The number of alkyl halides is 1. The molecule has 1 fully saturated rings. The van der Waals surface area contributed by atoms with Gasteiger partial charge in [0.2, 0.25) is 0 Å². The maximum atomic E-state index is 14.2. The minimum Gasteiger partial charge on any atom is -0.306 e. The topological polar surface area (TPSA) is 3.24 Å². The van der Waals surface area contributed by atoms with Crippen molar-refractivity contribution in [2.24, 2.45) is 5.92 Å². The lowest BCUT2D eigenvalue weighted by molar-refractivity contribution is 0.137. The molecule has 0 saturated carbocycles. The van der Waals surface area contributed by atoms with Gasteiger partial charge in [-0.05, 0) is 56.6 Å². The quantitative estimate of drug-likeness (QED) is 0.799. The van der Waals surface area contributed by atoms with Crippen molar-refractivity contribution in [3.05, 3.63) is 34.3 Å². The highest BCUT2D eigenvalue weighted by Crippen LogP contribution is 2.33. The third kappa shape index (κ3) is 2.83. The van der Waals surface area contributed by atoms with Crippen LogP contribution in [0.4, 0.5) is 4.39 Å². The highest BCUT2D eigenvalue weighted by atomic mass is 79.9. The van der Waals surface area contributed by atoms with Gasteiger partial charge in [0.1, 0.15) is 6.17 Å². The molecular weight excluding hydrogens is 269 g/mol. The number of rotatable bonds is 2. The third-order valence-corrected chi connectivity index (χ3v) is 3.89. The first-order valence-corrected chi connectivity index (χ1v) is 6.54. The molecule has 0 aliphatic carbocycles. The summed E-state index contributed by atoms with van der Waals surface area (Å²) in [6.07, 6.45) is 1.13. The van der Waals surface area contributed by atoms with Crippen molar-refractivity contribution in [1.82, 2.24) is 4.90 Å². The summed E-state index contributed by atoms with van der Waals surface area (Å²) in [5.41, 5.74) is 0.817. The van der Waals surface area contributed by atoms with Gasteiger partial charge in [0.25, 0.3) is 0 Å². The molecule has 0 amide bonds. The Morgan fingerprint density at radius 3 is 2.38 bits per heavy atom. The number of piperidine rings is 1. The minimum atomic E-state index is -0.804. The molecule has 1 nitrogen and oxygen atoms in total. The van der Waals surface area contributed by atoms with E-state index in [9.17, 15) is 4.39 Å². The number of hydrogen-bond acceptors (Lipinski definition) is 1. The SMILES string of the molecule is CN1CCC(C(F)c2ccc(Br)cc2)CC1. The summed E-state index contributed by atoms with van der Waals surface area (Å²) in [6.45, 7) is 2.03. The highest BCUT2D eigenvalue weighted by Gasteiger charge is 2.26. The summed E-state index contributed by atoms with van der Waals surface area (Å²) in [5.74, 6) is 0.192. The van der Waals surface area contributed by atoms with Crippen LogP contribution in [0.3, 0.4) is 0 Å². The third-order valence-electron chi connectivity index (χ3n) is 3.37. The zero-order chi connectivity index (χ0) is 11.5. The van der Waals surface area contributed by atoms with Crippen LogP contribution in [-0.4, -0.2) is 25.0 Å². The van der Waals surface area contributed by atoms with E-state index < -0.39 is 6.17 Å². The van der Waals surface area contributed by atoms with Crippen molar-refractivity contribution in [1.29, 1.82) is 0 Å². The smallest absolute Gasteiger partial charge is 0.128 e. The van der Waals surface area contributed by atoms with Gasteiger partial charge in [-0.1, -0.05) is 28.1 Å². The Morgan fingerprint density at radius 2 is 1.81 bits per heavy atom. The molecule has 2 rings (SSSR count). The molecule has 0 spiro atoms. The molecule has 0 aromatic heterocycles. The largest absolute Gasteiger partial charge is 0.306 e. The summed E-state index contributed by atoms with van der Waals surface area (Å²) < 4.78 is 15.3. The van der Waals surface area contributed by atoms with E-state index in [2.05, 4.69) is 27.9 Å². The molecule has 1 heterocycles. The van der Waals surface area contributed by atoms with Crippen molar-refractivity contribution in [2.75, 3.05) is 20.1 Å². The molecule has 3 heteroatoms. The second-order valence-corrected chi connectivity index (χ2v) is 5.51. The maximum absolute atomic E-state index is 14.2. The number of halogens is 2. The van der Waals surface area contributed by atoms with Crippen molar-refractivity contribution >= 4 is 15.9 Å². The summed E-state index contributed by atoms with van der Waals surface area (Å²) in [7, 11) is 2.10. The van der Waals surface area contributed by atoms with Gasteiger partial charge >= 0.3 is 0 Å². The Kier molecular flexibility index (Phi) is 3.98. The van der Waals surface area contributed by atoms with Gasteiger partial charge < -0.3 is 4.90 Å². The molecule has 16 heavy (non-hydrogen) atoms. The first-order chi connectivity index (χ1) is 7.66. The van der Waals surface area contributed by atoms with E-state index in [4.69, 9.17) is 0 Å². The predicted molar refractivity (Wildman–Crippen MR) is 68.2 cm³/mol. The van der Waals surface area contributed by atoms with Crippen LogP contribution < -0.4 is 0 Å². The van der Waals surface area contributed by atoms with Crippen LogP contribution in [0.25, 0.3) is 0 Å². The second-order valence-electron chi connectivity index (χ2n) is 4.59. The van der Waals surface area contributed by atoms with Crippen LogP contribution in [-0.2, 0) is 0 Å². The second kappa shape index (κ2) is 5.28. The van der Waals surface area contributed by atoms with Gasteiger partial charge in [0, 0.05) is 4.47 Å². The lowest BCUT2D eigenvalue weighted by atomic mass is 9.89. The minimum absolute atomic E-state index is 0.192. The number of nitrogens with zero attached hydrogens (tertiary/aromatic N) is 1. The van der Waals surface area contributed by atoms with Gasteiger partial charge in [0.15, 0.2) is 0 Å². The predicted octanol–water partition coefficient (Wildman–Crippen LogP) is 3.80. The van der Waals surface area contributed by atoms with Gasteiger partial charge in [-0.15, -0.1) is 0 Å². The van der Waals surface area contributed by atoms with E-state index in [0.29, 0.717) is 0 Å².